The maximum Gasteiger partial charge on any atom is 0.269 e. The Morgan fingerprint density at radius 2 is 1.59 bits per heavy atom. The number of carbonyl (C=O) groups is 1. The molecule has 4 rings (SSSR count). The lowest BCUT2D eigenvalue weighted by Gasteiger charge is -2.39. The monoisotopic (exact) mass is 476 g/mol. The van der Waals surface area contributed by atoms with Gasteiger partial charge in [-0.25, -0.2) is 0 Å². The van der Waals surface area contributed by atoms with Crippen molar-refractivity contribution in [2.24, 2.45) is 5.92 Å². The summed E-state index contributed by atoms with van der Waals surface area (Å²) >= 11 is 12.1. The topological polar surface area (TPSA) is 69.9 Å². The number of hydrogen-bond donors (Lipinski definition) is 0. The maximum atomic E-state index is 13.0. The molecule has 2 saturated heterocycles. The van der Waals surface area contributed by atoms with Gasteiger partial charge < -0.3 is 9.80 Å². The average molecular weight is 477 g/mol. The molecule has 1 amide bonds. The Morgan fingerprint density at radius 3 is 2.19 bits per heavy atom. The third-order valence-corrected chi connectivity index (χ3v) is 7.08. The average Bonchev–Trinajstić information content (AvgIpc) is 2.82. The van der Waals surface area contributed by atoms with E-state index in [1.165, 1.54) is 12.1 Å². The van der Waals surface area contributed by atoms with Crippen molar-refractivity contribution in [3.63, 3.8) is 0 Å². The first-order valence-corrected chi connectivity index (χ1v) is 11.6. The highest BCUT2D eigenvalue weighted by Gasteiger charge is 2.30. The number of halogens is 2. The first-order valence-electron chi connectivity index (χ1n) is 10.8. The number of benzene rings is 2. The van der Waals surface area contributed by atoms with Crippen LogP contribution in [0.5, 0.6) is 0 Å². The van der Waals surface area contributed by atoms with Crippen molar-refractivity contribution in [2.75, 3.05) is 44.2 Å². The summed E-state index contributed by atoms with van der Waals surface area (Å²) in [4.78, 5) is 30.0. The Morgan fingerprint density at radius 1 is 0.938 bits per heavy atom. The van der Waals surface area contributed by atoms with Gasteiger partial charge in [0.15, 0.2) is 0 Å². The number of nitro groups is 1. The molecular formula is C23H26Cl2N4O3. The molecule has 2 aliphatic heterocycles. The van der Waals surface area contributed by atoms with Gasteiger partial charge in [0, 0.05) is 69.6 Å². The molecule has 2 fully saturated rings. The zero-order valence-electron chi connectivity index (χ0n) is 17.8. The number of piperazine rings is 1. The molecule has 0 atom stereocenters. The van der Waals surface area contributed by atoms with Gasteiger partial charge in [-0.1, -0.05) is 29.3 Å². The van der Waals surface area contributed by atoms with E-state index in [1.54, 1.807) is 12.1 Å². The number of nitrogens with zero attached hydrogens (tertiary/aromatic N) is 4. The van der Waals surface area contributed by atoms with E-state index in [1.807, 2.05) is 23.1 Å². The summed E-state index contributed by atoms with van der Waals surface area (Å²) in [6.07, 6.45) is 1.61. The summed E-state index contributed by atoms with van der Waals surface area (Å²) in [5, 5.41) is 12.0. The van der Waals surface area contributed by atoms with Gasteiger partial charge in [-0.3, -0.25) is 19.8 Å². The van der Waals surface area contributed by atoms with Gasteiger partial charge in [0.05, 0.1) is 15.0 Å². The smallest absolute Gasteiger partial charge is 0.269 e. The van der Waals surface area contributed by atoms with E-state index in [0.717, 1.165) is 69.9 Å². The van der Waals surface area contributed by atoms with E-state index >= 15 is 0 Å². The molecule has 2 heterocycles. The molecular weight excluding hydrogens is 451 g/mol. The number of amides is 1. The minimum Gasteiger partial charge on any atom is -0.371 e. The summed E-state index contributed by atoms with van der Waals surface area (Å²) in [6.45, 7) is 5.52. The molecule has 32 heavy (non-hydrogen) atoms. The van der Waals surface area contributed by atoms with E-state index in [0.29, 0.717) is 10.0 Å². The van der Waals surface area contributed by atoms with Crippen LogP contribution in [-0.2, 0) is 11.3 Å². The van der Waals surface area contributed by atoms with Gasteiger partial charge >= 0.3 is 0 Å². The third-order valence-electron chi connectivity index (χ3n) is 6.34. The highest BCUT2D eigenvalue weighted by Crippen LogP contribution is 2.27. The van der Waals surface area contributed by atoms with Crippen molar-refractivity contribution >= 4 is 40.5 Å². The summed E-state index contributed by atoms with van der Waals surface area (Å²) in [7, 11) is 0. The molecule has 0 saturated carbocycles. The molecule has 0 N–H and O–H groups in total. The summed E-state index contributed by atoms with van der Waals surface area (Å²) in [5.74, 6) is 0.299. The lowest BCUT2D eigenvalue weighted by atomic mass is 9.94. The quantitative estimate of drug-likeness (QED) is 0.470. The summed E-state index contributed by atoms with van der Waals surface area (Å²) < 4.78 is 0. The lowest BCUT2D eigenvalue weighted by Crippen LogP contribution is -2.51. The SMILES string of the molecule is O=C(C1CCN(c2ccc([N+](=O)[O-])cc2)CC1)N1CCN(Cc2ccc(Cl)c(Cl)c2)CC1. The first kappa shape index (κ1) is 22.8. The third kappa shape index (κ3) is 5.34. The Kier molecular flexibility index (Phi) is 7.18. The lowest BCUT2D eigenvalue weighted by molar-refractivity contribution is -0.384. The number of non-ortho nitro benzene ring substituents is 1. The van der Waals surface area contributed by atoms with E-state index in [4.69, 9.17) is 23.2 Å². The van der Waals surface area contributed by atoms with Gasteiger partial charge in [-0.2, -0.15) is 0 Å². The largest absolute Gasteiger partial charge is 0.371 e. The number of piperidine rings is 1. The van der Waals surface area contributed by atoms with Crippen LogP contribution < -0.4 is 4.90 Å². The van der Waals surface area contributed by atoms with Crippen LogP contribution in [0.2, 0.25) is 10.0 Å². The highest BCUT2D eigenvalue weighted by molar-refractivity contribution is 6.42. The van der Waals surface area contributed by atoms with Crippen LogP contribution in [0.1, 0.15) is 18.4 Å². The molecule has 2 aliphatic rings. The van der Waals surface area contributed by atoms with Gasteiger partial charge in [0.2, 0.25) is 5.91 Å². The standard InChI is InChI=1S/C23H26Cl2N4O3/c24-21-6-1-17(15-22(21)25)16-26-11-13-28(14-12-26)23(30)18-7-9-27(10-8-18)19-2-4-20(5-3-19)29(31)32/h1-6,15,18H,7-14,16H2. The number of rotatable bonds is 5. The molecule has 0 unspecified atom stereocenters. The normalized spacial score (nSPS) is 18.1. The second-order valence-electron chi connectivity index (χ2n) is 8.38. The van der Waals surface area contributed by atoms with Gasteiger partial charge in [0.1, 0.15) is 0 Å². The number of hydrogen-bond acceptors (Lipinski definition) is 5. The maximum absolute atomic E-state index is 13.0. The van der Waals surface area contributed by atoms with Crippen molar-refractivity contribution in [3.8, 4) is 0 Å². The van der Waals surface area contributed by atoms with Crippen molar-refractivity contribution < 1.29 is 9.72 Å². The Balaban J connectivity index is 1.24. The van der Waals surface area contributed by atoms with Crippen LogP contribution in [0, 0.1) is 16.0 Å². The van der Waals surface area contributed by atoms with Gasteiger partial charge in [0.25, 0.3) is 5.69 Å². The van der Waals surface area contributed by atoms with E-state index in [9.17, 15) is 14.9 Å². The zero-order chi connectivity index (χ0) is 22.7. The van der Waals surface area contributed by atoms with E-state index in [-0.39, 0.29) is 22.4 Å². The Hall–Kier alpha value is -2.35. The summed E-state index contributed by atoms with van der Waals surface area (Å²) in [6, 6.07) is 12.3. The van der Waals surface area contributed by atoms with Gasteiger partial charge in [-0.05, 0) is 42.7 Å². The zero-order valence-corrected chi connectivity index (χ0v) is 19.3. The second kappa shape index (κ2) is 10.1. The minimum absolute atomic E-state index is 0.0471. The van der Waals surface area contributed by atoms with Crippen LogP contribution >= 0.6 is 23.2 Å². The van der Waals surface area contributed by atoms with Crippen molar-refractivity contribution in [1.29, 1.82) is 0 Å². The fourth-order valence-corrected chi connectivity index (χ4v) is 4.77. The molecule has 170 valence electrons. The highest BCUT2D eigenvalue weighted by atomic mass is 35.5. The van der Waals surface area contributed by atoms with Crippen molar-refractivity contribution in [1.82, 2.24) is 9.80 Å². The molecule has 0 aliphatic carbocycles. The molecule has 2 aromatic carbocycles. The minimum atomic E-state index is -0.390. The van der Waals surface area contributed by atoms with Crippen LogP contribution in [0.15, 0.2) is 42.5 Å². The number of carbonyl (C=O) groups excluding carboxylic acids is 1. The molecule has 0 bridgehead atoms. The molecule has 7 nitrogen and oxygen atoms in total. The van der Waals surface area contributed by atoms with Crippen LogP contribution in [0.25, 0.3) is 0 Å². The van der Waals surface area contributed by atoms with Crippen molar-refractivity contribution in [3.05, 3.63) is 68.2 Å². The molecule has 2 aromatic rings. The molecule has 0 spiro atoms. The fourth-order valence-electron chi connectivity index (χ4n) is 4.45. The van der Waals surface area contributed by atoms with E-state index < -0.39 is 0 Å². The molecule has 0 radical (unpaired) electrons. The number of anilines is 1. The van der Waals surface area contributed by atoms with Gasteiger partial charge in [-0.15, -0.1) is 0 Å². The predicted octanol–water partition coefficient (Wildman–Crippen LogP) is 4.46. The second-order valence-corrected chi connectivity index (χ2v) is 9.20. The van der Waals surface area contributed by atoms with Crippen LogP contribution in [0.4, 0.5) is 11.4 Å². The Labute approximate surface area is 197 Å². The first-order chi connectivity index (χ1) is 15.4. The van der Waals surface area contributed by atoms with Crippen LogP contribution in [-0.4, -0.2) is 59.9 Å². The van der Waals surface area contributed by atoms with E-state index in [2.05, 4.69) is 9.80 Å². The van der Waals surface area contributed by atoms with Crippen molar-refractivity contribution in [2.45, 2.75) is 19.4 Å². The molecule has 9 heteroatoms. The predicted molar refractivity (Wildman–Crippen MR) is 126 cm³/mol. The number of nitro benzene ring substituents is 1. The Bertz CT molecular complexity index is 970. The summed E-state index contributed by atoms with van der Waals surface area (Å²) in [5.41, 5.74) is 2.19. The fraction of sp³-hybridized carbons (Fsp3) is 0.435. The molecule has 0 aromatic heterocycles. The van der Waals surface area contributed by atoms with Crippen LogP contribution in [0.3, 0.4) is 0 Å².